The molecule has 1 amide bonds. The van der Waals surface area contributed by atoms with E-state index in [1.54, 1.807) is 4.68 Å². The first-order chi connectivity index (χ1) is 14.1. The molecule has 1 saturated carbocycles. The van der Waals surface area contributed by atoms with Crippen LogP contribution >= 0.6 is 0 Å². The minimum absolute atomic E-state index is 0.0919. The van der Waals surface area contributed by atoms with Crippen LogP contribution in [-0.2, 0) is 17.9 Å². The number of aromatic nitrogens is 2. The Kier molecular flexibility index (Phi) is 4.94. The van der Waals surface area contributed by atoms with E-state index in [1.807, 2.05) is 12.4 Å². The summed E-state index contributed by atoms with van der Waals surface area (Å²) in [6.07, 6.45) is 10.0. The molecule has 5 nitrogen and oxygen atoms in total. The van der Waals surface area contributed by atoms with Crippen molar-refractivity contribution >= 4 is 5.91 Å². The van der Waals surface area contributed by atoms with Gasteiger partial charge < -0.3 is 5.32 Å². The first kappa shape index (κ1) is 18.9. The fraction of sp³-hybridized carbons (Fsp3) is 0.583. The van der Waals surface area contributed by atoms with Gasteiger partial charge in [-0.25, -0.2) is 0 Å². The normalized spacial score (nSPS) is 26.4. The molecule has 5 heteroatoms. The van der Waals surface area contributed by atoms with E-state index in [0.29, 0.717) is 30.5 Å². The summed E-state index contributed by atoms with van der Waals surface area (Å²) in [5.41, 5.74) is 4.06. The highest BCUT2D eigenvalue weighted by Gasteiger charge is 2.46. The second kappa shape index (κ2) is 7.60. The Bertz CT molecular complexity index is 867. The molecular formula is C24H32N4O. The first-order valence-electron chi connectivity index (χ1n) is 11.2. The van der Waals surface area contributed by atoms with Crippen molar-refractivity contribution in [1.29, 1.82) is 0 Å². The van der Waals surface area contributed by atoms with E-state index in [-0.39, 0.29) is 11.9 Å². The Morgan fingerprint density at radius 1 is 1.17 bits per heavy atom. The summed E-state index contributed by atoms with van der Waals surface area (Å²) in [6.45, 7) is 5.79. The number of nitrogens with one attached hydrogen (secondary N) is 1. The Morgan fingerprint density at radius 3 is 2.69 bits per heavy atom. The molecule has 0 radical (unpaired) electrons. The Hall–Kier alpha value is -2.14. The van der Waals surface area contributed by atoms with Crippen molar-refractivity contribution in [3.8, 4) is 0 Å². The van der Waals surface area contributed by atoms with Gasteiger partial charge >= 0.3 is 0 Å². The van der Waals surface area contributed by atoms with Gasteiger partial charge in [0.25, 0.3) is 0 Å². The van der Waals surface area contributed by atoms with Gasteiger partial charge in [0.15, 0.2) is 0 Å². The maximum absolute atomic E-state index is 12.6. The fourth-order valence-electron chi connectivity index (χ4n) is 5.21. The van der Waals surface area contributed by atoms with Crippen LogP contribution in [0.5, 0.6) is 0 Å². The molecule has 1 aromatic carbocycles. The van der Waals surface area contributed by atoms with E-state index in [0.717, 1.165) is 13.0 Å². The lowest BCUT2D eigenvalue weighted by molar-refractivity contribution is -0.122. The second-order valence-corrected chi connectivity index (χ2v) is 9.52. The van der Waals surface area contributed by atoms with Crippen LogP contribution in [0.4, 0.5) is 0 Å². The van der Waals surface area contributed by atoms with Crippen molar-refractivity contribution in [2.24, 2.45) is 0 Å². The number of nitrogens with zero attached hydrogens (tertiary/aromatic N) is 3. The van der Waals surface area contributed by atoms with Crippen LogP contribution in [0.15, 0.2) is 36.7 Å². The van der Waals surface area contributed by atoms with Crippen LogP contribution in [-0.4, -0.2) is 38.7 Å². The summed E-state index contributed by atoms with van der Waals surface area (Å²) in [6, 6.07) is 10.4. The minimum atomic E-state index is 0.0919. The number of benzene rings is 1. The molecule has 1 aromatic heterocycles. The van der Waals surface area contributed by atoms with Crippen molar-refractivity contribution < 1.29 is 4.79 Å². The van der Waals surface area contributed by atoms with E-state index >= 15 is 0 Å². The first-order valence-corrected chi connectivity index (χ1v) is 11.2. The van der Waals surface area contributed by atoms with Gasteiger partial charge in [-0.15, -0.1) is 0 Å². The molecule has 2 aromatic rings. The fourth-order valence-corrected chi connectivity index (χ4v) is 5.21. The summed E-state index contributed by atoms with van der Waals surface area (Å²) in [4.78, 5) is 15.2. The monoisotopic (exact) mass is 392 g/mol. The van der Waals surface area contributed by atoms with Gasteiger partial charge in [0.2, 0.25) is 5.91 Å². The molecule has 3 atom stereocenters. The van der Waals surface area contributed by atoms with Gasteiger partial charge in [-0.1, -0.05) is 38.1 Å². The summed E-state index contributed by atoms with van der Waals surface area (Å²) < 4.78 is 1.80. The van der Waals surface area contributed by atoms with E-state index in [4.69, 9.17) is 0 Å². The van der Waals surface area contributed by atoms with Crippen molar-refractivity contribution in [3.05, 3.63) is 53.3 Å². The molecule has 2 aliphatic heterocycles. The zero-order valence-corrected chi connectivity index (χ0v) is 17.6. The van der Waals surface area contributed by atoms with E-state index in [9.17, 15) is 4.79 Å². The third kappa shape index (κ3) is 3.97. The number of rotatable bonds is 7. The molecular weight excluding hydrogens is 360 g/mol. The van der Waals surface area contributed by atoms with Crippen LogP contribution in [0.2, 0.25) is 0 Å². The van der Waals surface area contributed by atoms with Gasteiger partial charge in [-0.05, 0) is 60.6 Å². The smallest absolute Gasteiger partial charge is 0.242 e. The minimum Gasteiger partial charge on any atom is -0.350 e. The van der Waals surface area contributed by atoms with E-state index in [1.165, 1.54) is 42.4 Å². The maximum Gasteiger partial charge on any atom is 0.242 e. The molecule has 1 N–H and O–H groups in total. The van der Waals surface area contributed by atoms with Crippen molar-refractivity contribution in [1.82, 2.24) is 20.0 Å². The lowest BCUT2D eigenvalue weighted by Gasteiger charge is -2.25. The molecule has 0 unspecified atom stereocenters. The number of hydrogen-bond donors (Lipinski definition) is 1. The van der Waals surface area contributed by atoms with Crippen LogP contribution < -0.4 is 5.32 Å². The SMILES string of the molecule is CC(C)c1ccc(CN2[C@@H]3CC[C@H]2[C@@H](NC(=O)Cn2cc(C4CC4)cn2)C3)cc1. The molecule has 29 heavy (non-hydrogen) atoms. The predicted molar refractivity (Wildman–Crippen MR) is 114 cm³/mol. The summed E-state index contributed by atoms with van der Waals surface area (Å²) in [5.74, 6) is 1.34. The van der Waals surface area contributed by atoms with Crippen molar-refractivity contribution in [2.45, 2.75) is 89.0 Å². The summed E-state index contributed by atoms with van der Waals surface area (Å²) in [5, 5.41) is 7.69. The lowest BCUT2D eigenvalue weighted by Crippen LogP contribution is -2.44. The van der Waals surface area contributed by atoms with Gasteiger partial charge in [-0.2, -0.15) is 5.10 Å². The number of fused-ring (bicyclic) bond motifs is 2. The molecule has 2 saturated heterocycles. The van der Waals surface area contributed by atoms with Crippen LogP contribution in [0, 0.1) is 0 Å². The third-order valence-corrected chi connectivity index (χ3v) is 7.05. The Morgan fingerprint density at radius 2 is 1.97 bits per heavy atom. The molecule has 0 spiro atoms. The zero-order valence-electron chi connectivity index (χ0n) is 17.6. The summed E-state index contributed by atoms with van der Waals surface area (Å²) in [7, 11) is 0. The summed E-state index contributed by atoms with van der Waals surface area (Å²) >= 11 is 0. The van der Waals surface area contributed by atoms with Gasteiger partial charge in [0.1, 0.15) is 6.54 Å². The highest BCUT2D eigenvalue weighted by atomic mass is 16.2. The maximum atomic E-state index is 12.6. The number of hydrogen-bond acceptors (Lipinski definition) is 3. The van der Waals surface area contributed by atoms with Crippen molar-refractivity contribution in [3.63, 3.8) is 0 Å². The standard InChI is InChI=1S/C24H32N4O/c1-16(2)18-5-3-17(4-6-18)13-28-21-9-10-23(28)22(11-21)26-24(29)15-27-14-20(12-25-27)19-7-8-19/h3-6,12,14,16,19,21-23H,7-11,13,15H2,1-2H3,(H,26,29)/t21-,22+,23+/m1/s1. The molecule has 5 rings (SSSR count). The predicted octanol–water partition coefficient (Wildman–Crippen LogP) is 3.81. The number of carbonyl (C=O) groups excluding carboxylic acids is 1. The van der Waals surface area contributed by atoms with Gasteiger partial charge in [0.05, 0.1) is 6.20 Å². The number of carbonyl (C=O) groups is 1. The quantitative estimate of drug-likeness (QED) is 0.780. The van der Waals surface area contributed by atoms with Gasteiger partial charge in [-0.3, -0.25) is 14.4 Å². The lowest BCUT2D eigenvalue weighted by atomic mass is 9.95. The molecule has 154 valence electrons. The topological polar surface area (TPSA) is 50.2 Å². The number of amides is 1. The highest BCUT2D eigenvalue weighted by molar-refractivity contribution is 5.76. The molecule has 2 bridgehead atoms. The highest BCUT2D eigenvalue weighted by Crippen LogP contribution is 2.40. The molecule has 3 aliphatic rings. The Balaban J connectivity index is 1.17. The van der Waals surface area contributed by atoms with Crippen LogP contribution in [0.25, 0.3) is 0 Å². The second-order valence-electron chi connectivity index (χ2n) is 9.52. The molecule has 1 aliphatic carbocycles. The third-order valence-electron chi connectivity index (χ3n) is 7.05. The van der Waals surface area contributed by atoms with Crippen LogP contribution in [0.1, 0.15) is 74.5 Å². The van der Waals surface area contributed by atoms with Crippen LogP contribution in [0.3, 0.4) is 0 Å². The zero-order chi connectivity index (χ0) is 20.0. The molecule has 3 heterocycles. The Labute approximate surface area is 173 Å². The largest absolute Gasteiger partial charge is 0.350 e. The molecule has 3 fully saturated rings. The van der Waals surface area contributed by atoms with E-state index in [2.05, 4.69) is 53.4 Å². The van der Waals surface area contributed by atoms with E-state index < -0.39 is 0 Å². The average molecular weight is 393 g/mol. The van der Waals surface area contributed by atoms with Crippen molar-refractivity contribution in [2.75, 3.05) is 0 Å². The van der Waals surface area contributed by atoms with Gasteiger partial charge in [0, 0.05) is 30.9 Å². The average Bonchev–Trinajstić information content (AvgIpc) is 3.23.